The van der Waals surface area contributed by atoms with Gasteiger partial charge in [-0.15, -0.1) is 0 Å². The highest BCUT2D eigenvalue weighted by Gasteiger charge is 2.18. The number of ether oxygens (including phenoxy) is 1. The fraction of sp³-hybridized carbons (Fsp3) is 0.529. The van der Waals surface area contributed by atoms with Crippen LogP contribution in [-0.4, -0.2) is 34.3 Å². The van der Waals surface area contributed by atoms with Crippen LogP contribution in [0.4, 0.5) is 0 Å². The molecule has 0 spiro atoms. The van der Waals surface area contributed by atoms with Crippen LogP contribution in [0.1, 0.15) is 45.2 Å². The maximum Gasteiger partial charge on any atom is 0.308 e. The van der Waals surface area contributed by atoms with E-state index in [0.717, 1.165) is 12.0 Å². The molecule has 0 unspecified atom stereocenters. The number of hydrogen-bond acceptors (Lipinski definition) is 4. The van der Waals surface area contributed by atoms with Crippen molar-refractivity contribution in [2.24, 2.45) is 0 Å². The molecule has 1 rings (SSSR count). The van der Waals surface area contributed by atoms with Gasteiger partial charge in [0.25, 0.3) is 0 Å². The number of hydrogen-bond donors (Lipinski definition) is 1. The Morgan fingerprint density at radius 3 is 2.18 bits per heavy atom. The second kappa shape index (κ2) is 7.94. The lowest BCUT2D eigenvalue weighted by Crippen LogP contribution is -2.32. The van der Waals surface area contributed by atoms with Crippen molar-refractivity contribution in [2.45, 2.75) is 52.6 Å². The van der Waals surface area contributed by atoms with Crippen LogP contribution in [0.2, 0.25) is 0 Å². The van der Waals surface area contributed by atoms with Gasteiger partial charge in [0.05, 0.1) is 19.4 Å². The second-order valence-corrected chi connectivity index (χ2v) is 6.20. The number of carbonyl (C=O) groups is 2. The summed E-state index contributed by atoms with van der Waals surface area (Å²) in [6.45, 7) is 7.30. The zero-order valence-corrected chi connectivity index (χ0v) is 13.8. The summed E-state index contributed by atoms with van der Waals surface area (Å²) >= 11 is 0. The van der Waals surface area contributed by atoms with Gasteiger partial charge in [0.15, 0.2) is 0 Å². The average molecular weight is 307 g/mol. The van der Waals surface area contributed by atoms with Crippen molar-refractivity contribution in [3.8, 4) is 0 Å². The second-order valence-electron chi connectivity index (χ2n) is 6.20. The molecular weight excluding hydrogens is 282 g/mol. The maximum absolute atomic E-state index is 11.9. The molecule has 1 aromatic rings. The quantitative estimate of drug-likeness (QED) is 0.498. The molecule has 0 saturated heterocycles. The Morgan fingerprint density at radius 1 is 1.14 bits per heavy atom. The molecule has 122 valence electrons. The lowest BCUT2D eigenvalue weighted by molar-refractivity contribution is -0.169. The minimum absolute atomic E-state index is 0.0334. The van der Waals surface area contributed by atoms with E-state index in [2.05, 4.69) is 6.92 Å². The predicted octanol–water partition coefficient (Wildman–Crippen LogP) is 2.74. The normalized spacial score (nSPS) is 11.1. The summed E-state index contributed by atoms with van der Waals surface area (Å²) in [6.07, 6.45) is 1.01. The number of amides is 1. The molecule has 1 amide bonds. The topological polar surface area (TPSA) is 66.8 Å². The van der Waals surface area contributed by atoms with Gasteiger partial charge in [-0.05, 0) is 38.3 Å². The van der Waals surface area contributed by atoms with E-state index >= 15 is 0 Å². The van der Waals surface area contributed by atoms with E-state index in [1.165, 1.54) is 5.56 Å². The van der Waals surface area contributed by atoms with Crippen molar-refractivity contribution in [1.29, 1.82) is 0 Å². The molecule has 5 heteroatoms. The Kier molecular flexibility index (Phi) is 6.56. The van der Waals surface area contributed by atoms with Gasteiger partial charge in [-0.3, -0.25) is 14.8 Å². The monoisotopic (exact) mass is 307 g/mol. The summed E-state index contributed by atoms with van der Waals surface area (Å²) in [5, 5.41) is 10.3. The molecule has 0 aromatic heterocycles. The molecule has 0 radical (unpaired) electrons. The van der Waals surface area contributed by atoms with E-state index in [9.17, 15) is 14.8 Å². The number of rotatable bonds is 6. The molecule has 0 bridgehead atoms. The van der Waals surface area contributed by atoms with Crippen LogP contribution in [0.15, 0.2) is 24.3 Å². The third-order valence-electron chi connectivity index (χ3n) is 3.02. The van der Waals surface area contributed by atoms with Crippen LogP contribution in [-0.2, 0) is 27.2 Å². The van der Waals surface area contributed by atoms with Crippen molar-refractivity contribution in [3.63, 3.8) is 0 Å². The summed E-state index contributed by atoms with van der Waals surface area (Å²) in [4.78, 5) is 23.4. The molecular formula is C17H25NO4. The van der Waals surface area contributed by atoms with Crippen LogP contribution < -0.4 is 0 Å². The molecule has 22 heavy (non-hydrogen) atoms. The third-order valence-corrected chi connectivity index (χ3v) is 3.02. The molecule has 0 aliphatic rings. The Hall–Kier alpha value is -1.88. The highest BCUT2D eigenvalue weighted by atomic mass is 16.6. The SMILES string of the molecule is CCc1ccc(CC(=O)N(O)CCC(=O)OC(C)(C)C)cc1. The van der Waals surface area contributed by atoms with E-state index in [0.29, 0.717) is 5.06 Å². The molecule has 0 heterocycles. The van der Waals surface area contributed by atoms with Crippen molar-refractivity contribution in [1.82, 2.24) is 5.06 Å². The summed E-state index contributed by atoms with van der Waals surface area (Å²) in [5.41, 5.74) is 1.46. The van der Waals surface area contributed by atoms with Gasteiger partial charge in [-0.25, -0.2) is 5.06 Å². The summed E-state index contributed by atoms with van der Waals surface area (Å²) in [6, 6.07) is 7.67. The number of hydroxylamine groups is 2. The Balaban J connectivity index is 2.42. The summed E-state index contributed by atoms with van der Waals surface area (Å²) < 4.78 is 5.12. The molecule has 0 aliphatic carbocycles. The van der Waals surface area contributed by atoms with Gasteiger partial charge >= 0.3 is 5.97 Å². The fourth-order valence-electron chi connectivity index (χ4n) is 1.87. The highest BCUT2D eigenvalue weighted by Crippen LogP contribution is 2.09. The smallest absolute Gasteiger partial charge is 0.308 e. The predicted molar refractivity (Wildman–Crippen MR) is 83.5 cm³/mol. The zero-order valence-electron chi connectivity index (χ0n) is 13.8. The summed E-state index contributed by atoms with van der Waals surface area (Å²) in [7, 11) is 0. The van der Waals surface area contributed by atoms with E-state index in [1.54, 1.807) is 20.8 Å². The van der Waals surface area contributed by atoms with Crippen molar-refractivity contribution in [3.05, 3.63) is 35.4 Å². The largest absolute Gasteiger partial charge is 0.460 e. The van der Waals surface area contributed by atoms with Crippen molar-refractivity contribution >= 4 is 11.9 Å². The fourth-order valence-corrected chi connectivity index (χ4v) is 1.87. The lowest BCUT2D eigenvalue weighted by atomic mass is 10.1. The number of aryl methyl sites for hydroxylation is 1. The Bertz CT molecular complexity index is 502. The minimum atomic E-state index is -0.567. The van der Waals surface area contributed by atoms with Crippen LogP contribution in [0.3, 0.4) is 0 Å². The van der Waals surface area contributed by atoms with E-state index in [-0.39, 0.29) is 19.4 Å². The highest BCUT2D eigenvalue weighted by molar-refractivity contribution is 5.78. The van der Waals surface area contributed by atoms with Crippen LogP contribution in [0.5, 0.6) is 0 Å². The first-order valence-electron chi connectivity index (χ1n) is 7.50. The van der Waals surface area contributed by atoms with Gasteiger partial charge in [-0.2, -0.15) is 0 Å². The first-order valence-corrected chi connectivity index (χ1v) is 7.50. The first kappa shape index (κ1) is 18.2. The molecule has 1 aromatic carbocycles. The van der Waals surface area contributed by atoms with E-state index < -0.39 is 17.5 Å². The molecule has 0 saturated carbocycles. The Morgan fingerprint density at radius 2 is 1.68 bits per heavy atom. The molecule has 1 N–H and O–H groups in total. The van der Waals surface area contributed by atoms with Gasteiger partial charge in [0.2, 0.25) is 5.91 Å². The minimum Gasteiger partial charge on any atom is -0.460 e. The maximum atomic E-state index is 11.9. The van der Waals surface area contributed by atoms with Crippen LogP contribution in [0.25, 0.3) is 0 Å². The van der Waals surface area contributed by atoms with E-state index in [1.807, 2.05) is 24.3 Å². The van der Waals surface area contributed by atoms with Gasteiger partial charge < -0.3 is 4.74 Å². The van der Waals surface area contributed by atoms with Gasteiger partial charge in [-0.1, -0.05) is 31.2 Å². The Labute approximate surface area is 131 Å². The average Bonchev–Trinajstić information content (AvgIpc) is 2.43. The molecule has 0 atom stereocenters. The van der Waals surface area contributed by atoms with Gasteiger partial charge in [0, 0.05) is 0 Å². The van der Waals surface area contributed by atoms with Crippen molar-refractivity contribution in [2.75, 3.05) is 6.54 Å². The van der Waals surface area contributed by atoms with Crippen LogP contribution in [0, 0.1) is 0 Å². The zero-order chi connectivity index (χ0) is 16.8. The number of esters is 1. The number of benzene rings is 1. The first-order chi connectivity index (χ1) is 10.2. The van der Waals surface area contributed by atoms with Crippen molar-refractivity contribution < 1.29 is 19.5 Å². The number of nitrogens with zero attached hydrogens (tertiary/aromatic N) is 1. The molecule has 0 fully saturated rings. The molecule has 5 nitrogen and oxygen atoms in total. The lowest BCUT2D eigenvalue weighted by Gasteiger charge is -2.20. The van der Waals surface area contributed by atoms with Crippen LogP contribution >= 0.6 is 0 Å². The standard InChI is InChI=1S/C17H25NO4/c1-5-13-6-8-14(9-7-13)12-15(19)18(21)11-10-16(20)22-17(2,3)4/h6-9,21H,5,10-12H2,1-4H3. The summed E-state index contributed by atoms with van der Waals surface area (Å²) in [5.74, 6) is -0.876. The molecule has 0 aliphatic heterocycles. The van der Waals surface area contributed by atoms with E-state index in [4.69, 9.17) is 4.74 Å². The third kappa shape index (κ3) is 6.72. The van der Waals surface area contributed by atoms with Gasteiger partial charge in [0.1, 0.15) is 5.60 Å². The number of carbonyl (C=O) groups excluding carboxylic acids is 2.